The number of nitrogens with one attached hydrogen (secondary N) is 1. The van der Waals surface area contributed by atoms with Gasteiger partial charge in [0.1, 0.15) is 0 Å². The van der Waals surface area contributed by atoms with Crippen LogP contribution in [0, 0.1) is 6.92 Å². The van der Waals surface area contributed by atoms with Crippen molar-refractivity contribution in [1.29, 1.82) is 0 Å². The molecular weight excluding hydrogens is 242 g/mol. The van der Waals surface area contributed by atoms with Crippen molar-refractivity contribution in [3.05, 3.63) is 17.7 Å². The number of aryl methyl sites for hydroxylation is 1. The molecule has 1 atom stereocenters. The first-order valence-electron chi connectivity index (χ1n) is 6.87. The molecule has 6 nitrogen and oxygen atoms in total. The molecule has 0 spiro atoms. The Morgan fingerprint density at radius 1 is 1.32 bits per heavy atom. The number of H-pyrrole nitrogens is 1. The van der Waals surface area contributed by atoms with Crippen molar-refractivity contribution in [2.75, 3.05) is 46.3 Å². The maximum absolute atomic E-state index is 12.4. The number of nitrogens with zero attached hydrogens (tertiary/aromatic N) is 4. The highest BCUT2D eigenvalue weighted by Gasteiger charge is 2.33. The van der Waals surface area contributed by atoms with E-state index < -0.39 is 0 Å². The molecule has 3 heterocycles. The Morgan fingerprint density at radius 2 is 2.11 bits per heavy atom. The van der Waals surface area contributed by atoms with Crippen molar-refractivity contribution in [2.24, 2.45) is 0 Å². The minimum atomic E-state index is 0.0287. The van der Waals surface area contributed by atoms with Crippen LogP contribution < -0.4 is 0 Å². The smallest absolute Gasteiger partial charge is 0.289 e. The summed E-state index contributed by atoms with van der Waals surface area (Å²) in [6.07, 6.45) is 1.71. The quantitative estimate of drug-likeness (QED) is 0.762. The van der Waals surface area contributed by atoms with E-state index in [-0.39, 0.29) is 5.91 Å². The third-order valence-electron chi connectivity index (χ3n) is 4.09. The molecule has 19 heavy (non-hydrogen) atoms. The number of carbonyl (C=O) groups excluding carboxylic acids is 1. The summed E-state index contributed by atoms with van der Waals surface area (Å²) in [4.78, 5) is 26.3. The van der Waals surface area contributed by atoms with Crippen molar-refractivity contribution < 1.29 is 4.79 Å². The van der Waals surface area contributed by atoms with Crippen molar-refractivity contribution >= 4 is 5.91 Å². The predicted molar refractivity (Wildman–Crippen MR) is 72.1 cm³/mol. The van der Waals surface area contributed by atoms with Crippen LogP contribution in [-0.4, -0.2) is 82.9 Å². The predicted octanol–water partition coefficient (Wildman–Crippen LogP) is -0.210. The molecule has 1 aromatic heterocycles. The van der Waals surface area contributed by atoms with Gasteiger partial charge in [-0.3, -0.25) is 9.69 Å². The average molecular weight is 263 g/mol. The monoisotopic (exact) mass is 263 g/mol. The number of fused-ring (bicyclic) bond motifs is 1. The number of likely N-dealkylation sites (N-methyl/N-ethyl adjacent to an activating group) is 1. The van der Waals surface area contributed by atoms with Gasteiger partial charge < -0.3 is 14.8 Å². The van der Waals surface area contributed by atoms with Crippen LogP contribution in [0.5, 0.6) is 0 Å². The highest BCUT2D eigenvalue weighted by molar-refractivity contribution is 5.90. The van der Waals surface area contributed by atoms with Gasteiger partial charge in [0.15, 0.2) is 5.82 Å². The summed E-state index contributed by atoms with van der Waals surface area (Å²) >= 11 is 0. The lowest BCUT2D eigenvalue weighted by atomic mass is 10.1. The zero-order valence-corrected chi connectivity index (χ0v) is 11.6. The van der Waals surface area contributed by atoms with Gasteiger partial charge >= 0.3 is 0 Å². The highest BCUT2D eigenvalue weighted by atomic mass is 16.2. The Labute approximate surface area is 113 Å². The first-order valence-corrected chi connectivity index (χ1v) is 6.87. The van der Waals surface area contributed by atoms with Gasteiger partial charge in [0, 0.05) is 57.2 Å². The van der Waals surface area contributed by atoms with E-state index in [1.165, 1.54) is 0 Å². The molecule has 0 aliphatic carbocycles. The van der Waals surface area contributed by atoms with Gasteiger partial charge in [-0.25, -0.2) is 4.98 Å². The molecule has 2 aliphatic rings. The molecule has 3 rings (SSSR count). The lowest BCUT2D eigenvalue weighted by Gasteiger charge is -2.46. The summed E-state index contributed by atoms with van der Waals surface area (Å²) in [6, 6.07) is 0.465. The van der Waals surface area contributed by atoms with Crippen LogP contribution >= 0.6 is 0 Å². The van der Waals surface area contributed by atoms with Crippen LogP contribution in [0.4, 0.5) is 0 Å². The van der Waals surface area contributed by atoms with Crippen LogP contribution in [0.1, 0.15) is 16.3 Å². The summed E-state index contributed by atoms with van der Waals surface area (Å²) in [6.45, 7) is 7.79. The molecule has 0 aromatic carbocycles. The Kier molecular flexibility index (Phi) is 3.28. The van der Waals surface area contributed by atoms with E-state index in [1.807, 2.05) is 11.8 Å². The van der Waals surface area contributed by atoms with Crippen LogP contribution in [0.2, 0.25) is 0 Å². The molecule has 1 aromatic rings. The van der Waals surface area contributed by atoms with Crippen LogP contribution in [0.15, 0.2) is 6.20 Å². The summed E-state index contributed by atoms with van der Waals surface area (Å²) in [7, 11) is 2.15. The molecule has 1 amide bonds. The molecule has 0 bridgehead atoms. The molecule has 6 heteroatoms. The number of amides is 1. The number of aromatic nitrogens is 2. The maximum Gasteiger partial charge on any atom is 0.289 e. The van der Waals surface area contributed by atoms with E-state index in [1.54, 1.807) is 6.20 Å². The molecule has 0 saturated carbocycles. The Balaban J connectivity index is 1.68. The molecule has 1 N–H and O–H groups in total. The summed E-state index contributed by atoms with van der Waals surface area (Å²) in [5, 5.41) is 0. The molecule has 104 valence electrons. The topological polar surface area (TPSA) is 55.5 Å². The van der Waals surface area contributed by atoms with Gasteiger partial charge in [0.2, 0.25) is 0 Å². The van der Waals surface area contributed by atoms with Gasteiger partial charge in [-0.05, 0) is 14.0 Å². The summed E-state index contributed by atoms with van der Waals surface area (Å²) in [5.74, 6) is 0.496. The Hall–Kier alpha value is -1.40. The standard InChI is InChI=1S/C13H21N5O/c1-10-7-14-12(15-10)13(19)18-6-5-17-4-3-16(2)8-11(17)9-18/h7,11H,3-6,8-9H2,1-2H3,(H,14,15)/t11-/m1/s1. The highest BCUT2D eigenvalue weighted by Crippen LogP contribution is 2.16. The number of imidazole rings is 1. The van der Waals surface area contributed by atoms with E-state index in [9.17, 15) is 4.79 Å². The van der Waals surface area contributed by atoms with E-state index in [0.717, 1.165) is 45.0 Å². The zero-order valence-electron chi connectivity index (χ0n) is 11.6. The zero-order chi connectivity index (χ0) is 13.4. The fourth-order valence-electron chi connectivity index (χ4n) is 2.97. The third-order valence-corrected chi connectivity index (χ3v) is 4.09. The Morgan fingerprint density at radius 3 is 2.84 bits per heavy atom. The second-order valence-corrected chi connectivity index (χ2v) is 5.62. The number of hydrogen-bond donors (Lipinski definition) is 1. The molecule has 0 unspecified atom stereocenters. The first kappa shape index (κ1) is 12.6. The molecule has 0 radical (unpaired) electrons. The van der Waals surface area contributed by atoms with E-state index in [2.05, 4.69) is 26.8 Å². The normalized spacial score (nSPS) is 25.4. The van der Waals surface area contributed by atoms with Crippen molar-refractivity contribution in [3.8, 4) is 0 Å². The fourth-order valence-corrected chi connectivity index (χ4v) is 2.97. The number of hydrogen-bond acceptors (Lipinski definition) is 4. The van der Waals surface area contributed by atoms with Crippen molar-refractivity contribution in [1.82, 2.24) is 24.7 Å². The molecule has 2 aliphatic heterocycles. The number of rotatable bonds is 1. The lowest BCUT2D eigenvalue weighted by Crippen LogP contribution is -2.62. The number of carbonyl (C=O) groups is 1. The maximum atomic E-state index is 12.4. The second kappa shape index (κ2) is 4.94. The number of piperazine rings is 2. The van der Waals surface area contributed by atoms with Crippen molar-refractivity contribution in [3.63, 3.8) is 0 Å². The average Bonchev–Trinajstić information content (AvgIpc) is 2.83. The Bertz CT molecular complexity index is 471. The van der Waals surface area contributed by atoms with Gasteiger partial charge in [0.05, 0.1) is 0 Å². The van der Waals surface area contributed by atoms with E-state index >= 15 is 0 Å². The molecular formula is C13H21N5O. The van der Waals surface area contributed by atoms with Gasteiger partial charge in [0.25, 0.3) is 5.91 Å². The lowest BCUT2D eigenvalue weighted by molar-refractivity contribution is 0.0184. The summed E-state index contributed by atoms with van der Waals surface area (Å²) in [5.41, 5.74) is 0.930. The van der Waals surface area contributed by atoms with Gasteiger partial charge in [-0.2, -0.15) is 0 Å². The molecule has 2 saturated heterocycles. The SMILES string of the molecule is Cc1cnc(C(=O)N2CCN3CCN(C)C[C@@H]3C2)[nH]1. The van der Waals surface area contributed by atoms with Crippen LogP contribution in [0.3, 0.4) is 0 Å². The minimum absolute atomic E-state index is 0.0287. The summed E-state index contributed by atoms with van der Waals surface area (Å²) < 4.78 is 0. The minimum Gasteiger partial charge on any atom is -0.338 e. The third kappa shape index (κ3) is 2.50. The first-order chi connectivity index (χ1) is 9.13. The number of aromatic amines is 1. The largest absolute Gasteiger partial charge is 0.338 e. The van der Waals surface area contributed by atoms with E-state index in [4.69, 9.17) is 0 Å². The second-order valence-electron chi connectivity index (χ2n) is 5.62. The van der Waals surface area contributed by atoms with Gasteiger partial charge in [-0.15, -0.1) is 0 Å². The van der Waals surface area contributed by atoms with Crippen molar-refractivity contribution in [2.45, 2.75) is 13.0 Å². The van der Waals surface area contributed by atoms with Crippen LogP contribution in [0.25, 0.3) is 0 Å². The van der Waals surface area contributed by atoms with Crippen LogP contribution in [-0.2, 0) is 0 Å². The van der Waals surface area contributed by atoms with E-state index in [0.29, 0.717) is 11.9 Å². The molecule has 2 fully saturated rings. The van der Waals surface area contributed by atoms with Gasteiger partial charge in [-0.1, -0.05) is 0 Å². The fraction of sp³-hybridized carbons (Fsp3) is 0.692.